The molecule has 184 valence electrons. The molecule has 0 saturated carbocycles. The summed E-state index contributed by atoms with van der Waals surface area (Å²) in [5.74, 6) is -1.67. The zero-order valence-corrected chi connectivity index (χ0v) is 19.4. The number of carboxylic acids is 1. The maximum atomic E-state index is 10.8. The zero-order valence-electron chi connectivity index (χ0n) is 19.4. The van der Waals surface area contributed by atoms with Crippen LogP contribution >= 0.6 is 0 Å². The Morgan fingerprint density at radius 1 is 0.875 bits per heavy atom. The van der Waals surface area contributed by atoms with Crippen molar-refractivity contribution in [1.29, 1.82) is 0 Å². The molecule has 0 saturated heterocycles. The van der Waals surface area contributed by atoms with E-state index in [0.29, 0.717) is 12.5 Å². The predicted octanol–water partition coefficient (Wildman–Crippen LogP) is 3.24. The highest BCUT2D eigenvalue weighted by Gasteiger charge is 2.07. The number of ether oxygens (including phenoxy) is 3. The van der Waals surface area contributed by atoms with Crippen LogP contribution in [-0.2, 0) is 33.4 Å². The Bertz CT molecular complexity index is 554. The molecule has 0 aromatic heterocycles. The maximum Gasteiger partial charge on any atom is 0.330 e. The molecule has 0 aliphatic carbocycles. The van der Waals surface area contributed by atoms with E-state index in [1.54, 1.807) is 0 Å². The summed E-state index contributed by atoms with van der Waals surface area (Å²) in [6.45, 7) is 17.4. The van der Waals surface area contributed by atoms with E-state index in [4.69, 9.17) is 14.9 Å². The molecule has 0 fully saturated rings. The quantitative estimate of drug-likeness (QED) is 0.256. The lowest BCUT2D eigenvalue weighted by atomic mass is 10.0. The Morgan fingerprint density at radius 3 is 1.62 bits per heavy atom. The second kappa shape index (κ2) is 30.0. The standard InChI is InChI=1S/C11H20O2.C5H8O3.C4H6O2.C3H4O2/c1-4-7-8-10(5-2)9-13-11(12)6-3;1-2-5(7)8-4-3-6;1-3-4(5)6-2;1-2-3(4)5/h6,10H,3-5,7-9H2,1-2H3;2,6H,1,3-4H2;3H,1H2,2H3;2H,1H2,(H,4,5). The minimum absolute atomic E-state index is 0.0465. The number of carbonyl (C=O) groups is 4. The zero-order chi connectivity index (χ0) is 25.8. The van der Waals surface area contributed by atoms with Crippen LogP contribution < -0.4 is 0 Å². The van der Waals surface area contributed by atoms with Gasteiger partial charge in [-0.3, -0.25) is 0 Å². The molecular weight excluding hydrogens is 420 g/mol. The number of hydrogen-bond donors (Lipinski definition) is 2. The van der Waals surface area contributed by atoms with Gasteiger partial charge >= 0.3 is 23.9 Å². The van der Waals surface area contributed by atoms with E-state index in [0.717, 1.165) is 31.1 Å². The molecule has 0 bridgehead atoms. The van der Waals surface area contributed by atoms with Crippen LogP contribution in [0.15, 0.2) is 50.6 Å². The molecule has 0 aromatic rings. The van der Waals surface area contributed by atoms with Gasteiger partial charge in [-0.2, -0.15) is 0 Å². The SMILES string of the molecule is C=CC(=O)O.C=CC(=O)OC.C=CC(=O)OCC(CC)CCCC.C=CC(=O)OCCO. The number of methoxy groups -OCH3 is 1. The molecule has 9 heteroatoms. The van der Waals surface area contributed by atoms with E-state index < -0.39 is 17.9 Å². The molecule has 32 heavy (non-hydrogen) atoms. The van der Waals surface area contributed by atoms with Crippen molar-refractivity contribution >= 4 is 23.9 Å². The summed E-state index contributed by atoms with van der Waals surface area (Å²) in [6, 6.07) is 0. The number of carbonyl (C=O) groups excluding carboxylic acids is 3. The van der Waals surface area contributed by atoms with E-state index >= 15 is 0 Å². The molecule has 2 N–H and O–H groups in total. The Labute approximate surface area is 191 Å². The average Bonchev–Trinajstić information content (AvgIpc) is 2.82. The number of aliphatic hydroxyl groups excluding tert-OH is 1. The number of aliphatic carboxylic acids is 1. The number of unbranched alkanes of at least 4 members (excludes halogenated alkanes) is 1. The molecule has 1 atom stereocenters. The van der Waals surface area contributed by atoms with Gasteiger partial charge in [0.2, 0.25) is 0 Å². The topological polar surface area (TPSA) is 136 Å². The molecule has 0 aromatic carbocycles. The first kappa shape index (κ1) is 36.2. The van der Waals surface area contributed by atoms with E-state index in [2.05, 4.69) is 49.6 Å². The van der Waals surface area contributed by atoms with Crippen molar-refractivity contribution in [2.75, 3.05) is 26.9 Å². The first-order valence-electron chi connectivity index (χ1n) is 9.88. The molecular formula is C23H38O9. The second-order valence-corrected chi connectivity index (χ2v) is 5.62. The molecule has 0 radical (unpaired) electrons. The molecule has 9 nitrogen and oxygen atoms in total. The lowest BCUT2D eigenvalue weighted by molar-refractivity contribution is -0.139. The third-order valence-electron chi connectivity index (χ3n) is 3.22. The smallest absolute Gasteiger partial charge is 0.330 e. The van der Waals surface area contributed by atoms with Crippen LogP contribution in [0.4, 0.5) is 0 Å². The van der Waals surface area contributed by atoms with Gasteiger partial charge < -0.3 is 24.4 Å². The third kappa shape index (κ3) is 37.5. The second-order valence-electron chi connectivity index (χ2n) is 5.62. The van der Waals surface area contributed by atoms with Crippen LogP contribution in [0.5, 0.6) is 0 Å². The van der Waals surface area contributed by atoms with Crippen molar-refractivity contribution in [3.63, 3.8) is 0 Å². The summed E-state index contributed by atoms with van der Waals surface area (Å²) < 4.78 is 13.5. The van der Waals surface area contributed by atoms with Crippen molar-refractivity contribution in [1.82, 2.24) is 0 Å². The molecule has 0 aliphatic heterocycles. The maximum absolute atomic E-state index is 10.8. The lowest BCUT2D eigenvalue weighted by Gasteiger charge is -2.13. The van der Waals surface area contributed by atoms with Gasteiger partial charge in [0, 0.05) is 24.3 Å². The van der Waals surface area contributed by atoms with Gasteiger partial charge in [0.15, 0.2) is 0 Å². The number of rotatable bonds is 12. The van der Waals surface area contributed by atoms with E-state index in [-0.39, 0.29) is 19.2 Å². The Hall–Kier alpha value is -3.20. The van der Waals surface area contributed by atoms with Crippen molar-refractivity contribution < 1.29 is 43.6 Å². The van der Waals surface area contributed by atoms with Gasteiger partial charge in [0.1, 0.15) is 6.61 Å². The molecule has 0 heterocycles. The summed E-state index contributed by atoms with van der Waals surface area (Å²) in [7, 11) is 1.31. The van der Waals surface area contributed by atoms with Gasteiger partial charge in [0.25, 0.3) is 0 Å². The minimum Gasteiger partial charge on any atom is -0.478 e. The van der Waals surface area contributed by atoms with Crippen LogP contribution in [0.1, 0.15) is 39.5 Å². The first-order valence-corrected chi connectivity index (χ1v) is 9.88. The highest BCUT2D eigenvalue weighted by atomic mass is 16.5. The Morgan fingerprint density at radius 2 is 1.34 bits per heavy atom. The number of aliphatic hydroxyl groups is 1. The van der Waals surface area contributed by atoms with E-state index in [1.807, 2.05) is 0 Å². The van der Waals surface area contributed by atoms with Crippen molar-refractivity contribution in [2.45, 2.75) is 39.5 Å². The average molecular weight is 459 g/mol. The Kier molecular flexibility index (Phi) is 33.9. The van der Waals surface area contributed by atoms with Gasteiger partial charge in [-0.1, -0.05) is 59.4 Å². The molecule has 0 aliphatic rings. The fourth-order valence-electron chi connectivity index (χ4n) is 1.45. The summed E-state index contributed by atoms with van der Waals surface area (Å²) in [5, 5.41) is 15.7. The molecule has 1 unspecified atom stereocenters. The third-order valence-corrected chi connectivity index (χ3v) is 3.22. The number of hydrogen-bond acceptors (Lipinski definition) is 8. The van der Waals surface area contributed by atoms with Gasteiger partial charge in [0.05, 0.1) is 20.3 Å². The molecule has 0 spiro atoms. The highest BCUT2D eigenvalue weighted by Crippen LogP contribution is 2.12. The van der Waals surface area contributed by atoms with Crippen LogP contribution in [0.25, 0.3) is 0 Å². The number of esters is 3. The van der Waals surface area contributed by atoms with Gasteiger partial charge in [-0.05, 0) is 12.3 Å². The van der Waals surface area contributed by atoms with Crippen molar-refractivity contribution in [3.05, 3.63) is 50.6 Å². The lowest BCUT2D eigenvalue weighted by Crippen LogP contribution is -2.12. The fourth-order valence-corrected chi connectivity index (χ4v) is 1.45. The fraction of sp³-hybridized carbons (Fsp3) is 0.478. The largest absolute Gasteiger partial charge is 0.478 e. The molecule has 0 rings (SSSR count). The number of carboxylic acid groups (broad SMARTS) is 1. The normalized spacial score (nSPS) is 9.25. The van der Waals surface area contributed by atoms with E-state index in [1.165, 1.54) is 26.0 Å². The van der Waals surface area contributed by atoms with Gasteiger partial charge in [-0.25, -0.2) is 19.2 Å². The van der Waals surface area contributed by atoms with Crippen LogP contribution in [0.2, 0.25) is 0 Å². The monoisotopic (exact) mass is 458 g/mol. The summed E-state index contributed by atoms with van der Waals surface area (Å²) in [5.41, 5.74) is 0. The van der Waals surface area contributed by atoms with Crippen LogP contribution in [0.3, 0.4) is 0 Å². The predicted molar refractivity (Wildman–Crippen MR) is 123 cm³/mol. The minimum atomic E-state index is -0.981. The summed E-state index contributed by atoms with van der Waals surface area (Å²) >= 11 is 0. The van der Waals surface area contributed by atoms with Crippen LogP contribution in [0, 0.1) is 5.92 Å². The van der Waals surface area contributed by atoms with Gasteiger partial charge in [-0.15, -0.1) is 0 Å². The summed E-state index contributed by atoms with van der Waals surface area (Å²) in [4.78, 5) is 40.0. The molecule has 0 amide bonds. The summed E-state index contributed by atoms with van der Waals surface area (Å²) in [6.07, 6.45) is 8.85. The van der Waals surface area contributed by atoms with Crippen molar-refractivity contribution in [3.8, 4) is 0 Å². The first-order chi connectivity index (χ1) is 15.1. The van der Waals surface area contributed by atoms with Crippen molar-refractivity contribution in [2.24, 2.45) is 5.92 Å². The highest BCUT2D eigenvalue weighted by molar-refractivity contribution is 5.81. The van der Waals surface area contributed by atoms with Crippen LogP contribution in [-0.4, -0.2) is 61.0 Å². The van der Waals surface area contributed by atoms with E-state index in [9.17, 15) is 19.2 Å². The Balaban J connectivity index is -0.000000177.